The predicted octanol–water partition coefficient (Wildman–Crippen LogP) is 2.29. The third kappa shape index (κ3) is 5.93. The maximum atomic E-state index is 11.1. The van der Waals surface area contributed by atoms with Crippen molar-refractivity contribution in [3.05, 3.63) is 24.3 Å². The number of aliphatic carboxylic acids is 1. The summed E-state index contributed by atoms with van der Waals surface area (Å²) in [5, 5.41) is 9.13. The van der Waals surface area contributed by atoms with Gasteiger partial charge in [-0.15, -0.1) is 0 Å². The minimum Gasteiger partial charge on any atom is -0.497 e. The molecular weight excluding hydrogens is 258 g/mol. The molecule has 0 amide bonds. The highest BCUT2D eigenvalue weighted by atomic mass is 16.5. The maximum absolute atomic E-state index is 11.1. The Morgan fingerprint density at radius 1 is 1.20 bits per heavy atom. The zero-order chi connectivity index (χ0) is 14.8. The molecule has 5 nitrogen and oxygen atoms in total. The number of nitrogens with two attached hydrogens (primary N) is 1. The van der Waals surface area contributed by atoms with Crippen LogP contribution in [0.15, 0.2) is 24.3 Å². The van der Waals surface area contributed by atoms with E-state index in [2.05, 4.69) is 0 Å². The lowest BCUT2D eigenvalue weighted by Gasteiger charge is -2.13. The van der Waals surface area contributed by atoms with E-state index in [0.717, 1.165) is 24.3 Å². The van der Waals surface area contributed by atoms with Crippen LogP contribution in [0, 0.1) is 5.92 Å². The number of carboxylic acid groups (broad SMARTS) is 1. The number of carbonyl (C=O) groups is 1. The van der Waals surface area contributed by atoms with Gasteiger partial charge in [0.1, 0.15) is 11.5 Å². The average Bonchev–Trinajstić information content (AvgIpc) is 2.46. The minimum atomic E-state index is -0.764. The van der Waals surface area contributed by atoms with E-state index >= 15 is 0 Å². The normalized spacial score (nSPS) is 11.9. The second-order valence-corrected chi connectivity index (χ2v) is 4.63. The van der Waals surface area contributed by atoms with E-state index in [1.54, 1.807) is 7.11 Å². The summed E-state index contributed by atoms with van der Waals surface area (Å²) in [5.41, 5.74) is 5.41. The van der Waals surface area contributed by atoms with Gasteiger partial charge in [0.2, 0.25) is 0 Å². The van der Waals surface area contributed by atoms with Crippen LogP contribution in [0.1, 0.15) is 25.7 Å². The van der Waals surface area contributed by atoms with E-state index in [0.29, 0.717) is 26.0 Å². The Morgan fingerprint density at radius 3 is 2.40 bits per heavy atom. The van der Waals surface area contributed by atoms with Gasteiger partial charge >= 0.3 is 5.97 Å². The zero-order valence-corrected chi connectivity index (χ0v) is 11.9. The van der Waals surface area contributed by atoms with Gasteiger partial charge in [-0.25, -0.2) is 0 Å². The fourth-order valence-electron chi connectivity index (χ4n) is 1.92. The largest absolute Gasteiger partial charge is 0.497 e. The van der Waals surface area contributed by atoms with Crippen LogP contribution in [0.2, 0.25) is 0 Å². The molecule has 0 aliphatic rings. The van der Waals surface area contributed by atoms with Crippen LogP contribution in [0.4, 0.5) is 0 Å². The van der Waals surface area contributed by atoms with Crippen molar-refractivity contribution in [2.45, 2.75) is 25.7 Å². The first-order valence-corrected chi connectivity index (χ1v) is 6.87. The van der Waals surface area contributed by atoms with Crippen molar-refractivity contribution in [1.82, 2.24) is 0 Å². The van der Waals surface area contributed by atoms with Crippen molar-refractivity contribution in [2.24, 2.45) is 11.7 Å². The molecule has 1 atom stereocenters. The molecule has 0 aliphatic carbocycles. The summed E-state index contributed by atoms with van der Waals surface area (Å²) in [6.07, 6.45) is 2.86. The molecule has 0 heterocycles. The van der Waals surface area contributed by atoms with Gasteiger partial charge in [0.15, 0.2) is 0 Å². The van der Waals surface area contributed by atoms with E-state index < -0.39 is 5.97 Å². The van der Waals surface area contributed by atoms with Crippen LogP contribution in [0.25, 0.3) is 0 Å². The molecule has 1 aromatic carbocycles. The standard InChI is InChI=1S/C15H23NO4/c1-19-13-5-7-14(8-6-13)20-11-9-12(15(17)18)4-2-3-10-16/h5-8,12H,2-4,9-11,16H2,1H3,(H,17,18). The van der Waals surface area contributed by atoms with Crippen LogP contribution in [-0.4, -0.2) is 31.3 Å². The van der Waals surface area contributed by atoms with Gasteiger partial charge in [-0.2, -0.15) is 0 Å². The Balaban J connectivity index is 2.33. The number of unbranched alkanes of at least 4 members (excludes halogenated alkanes) is 1. The van der Waals surface area contributed by atoms with Crippen molar-refractivity contribution < 1.29 is 19.4 Å². The van der Waals surface area contributed by atoms with Crippen molar-refractivity contribution in [3.8, 4) is 11.5 Å². The Morgan fingerprint density at radius 2 is 1.85 bits per heavy atom. The Kier molecular flexibility index (Phi) is 7.50. The second kappa shape index (κ2) is 9.20. The number of hydrogen-bond acceptors (Lipinski definition) is 4. The van der Waals surface area contributed by atoms with Crippen LogP contribution >= 0.6 is 0 Å². The van der Waals surface area contributed by atoms with Crippen molar-refractivity contribution in [1.29, 1.82) is 0 Å². The molecule has 3 N–H and O–H groups in total. The van der Waals surface area contributed by atoms with E-state index in [9.17, 15) is 4.79 Å². The molecule has 20 heavy (non-hydrogen) atoms. The summed E-state index contributed by atoms with van der Waals surface area (Å²) in [6.45, 7) is 1.00. The molecule has 0 bridgehead atoms. The average molecular weight is 281 g/mol. The molecule has 0 aromatic heterocycles. The predicted molar refractivity (Wildman–Crippen MR) is 77.1 cm³/mol. The van der Waals surface area contributed by atoms with Crippen LogP contribution in [0.5, 0.6) is 11.5 Å². The summed E-state index contributed by atoms with van der Waals surface area (Å²) in [4.78, 5) is 11.1. The molecule has 0 spiro atoms. The lowest BCUT2D eigenvalue weighted by molar-refractivity contribution is -0.142. The highest BCUT2D eigenvalue weighted by Crippen LogP contribution is 2.18. The van der Waals surface area contributed by atoms with Gasteiger partial charge in [-0.1, -0.05) is 6.42 Å². The van der Waals surface area contributed by atoms with Crippen LogP contribution in [0.3, 0.4) is 0 Å². The molecule has 0 fully saturated rings. The number of rotatable bonds is 10. The molecular formula is C15H23NO4. The summed E-state index contributed by atoms with van der Waals surface area (Å²) in [7, 11) is 1.61. The highest BCUT2D eigenvalue weighted by Gasteiger charge is 2.16. The van der Waals surface area contributed by atoms with E-state index in [4.69, 9.17) is 20.3 Å². The maximum Gasteiger partial charge on any atom is 0.306 e. The molecule has 1 aromatic rings. The zero-order valence-electron chi connectivity index (χ0n) is 11.9. The molecule has 1 rings (SSSR count). The molecule has 0 radical (unpaired) electrons. The fraction of sp³-hybridized carbons (Fsp3) is 0.533. The molecule has 1 unspecified atom stereocenters. The van der Waals surface area contributed by atoms with Gasteiger partial charge in [0, 0.05) is 0 Å². The first-order valence-electron chi connectivity index (χ1n) is 6.87. The summed E-state index contributed by atoms with van der Waals surface area (Å²) in [5.74, 6) is 0.361. The Hall–Kier alpha value is -1.75. The first kappa shape index (κ1) is 16.3. The number of methoxy groups -OCH3 is 1. The van der Waals surface area contributed by atoms with Crippen molar-refractivity contribution in [3.63, 3.8) is 0 Å². The number of ether oxygens (including phenoxy) is 2. The molecule has 112 valence electrons. The number of benzene rings is 1. The molecule has 0 saturated heterocycles. The SMILES string of the molecule is COc1ccc(OCCC(CCCCN)C(=O)O)cc1. The lowest BCUT2D eigenvalue weighted by atomic mass is 9.99. The van der Waals surface area contributed by atoms with Crippen molar-refractivity contribution in [2.75, 3.05) is 20.3 Å². The Labute approximate surface area is 119 Å². The first-order chi connectivity index (χ1) is 9.67. The monoisotopic (exact) mass is 281 g/mol. The fourth-order valence-corrected chi connectivity index (χ4v) is 1.92. The lowest BCUT2D eigenvalue weighted by Crippen LogP contribution is -2.17. The van der Waals surface area contributed by atoms with E-state index in [-0.39, 0.29) is 5.92 Å². The second-order valence-electron chi connectivity index (χ2n) is 4.63. The third-order valence-electron chi connectivity index (χ3n) is 3.15. The summed E-state index contributed by atoms with van der Waals surface area (Å²) < 4.78 is 10.6. The molecule has 0 aliphatic heterocycles. The van der Waals surface area contributed by atoms with Gasteiger partial charge in [0.25, 0.3) is 0 Å². The topological polar surface area (TPSA) is 81.8 Å². The van der Waals surface area contributed by atoms with Crippen LogP contribution in [-0.2, 0) is 4.79 Å². The third-order valence-corrected chi connectivity index (χ3v) is 3.15. The van der Waals surface area contributed by atoms with Crippen LogP contribution < -0.4 is 15.2 Å². The molecule has 5 heteroatoms. The number of hydrogen-bond donors (Lipinski definition) is 2. The Bertz CT molecular complexity index is 391. The quantitative estimate of drug-likeness (QED) is 0.643. The van der Waals surface area contributed by atoms with Gasteiger partial charge in [-0.3, -0.25) is 4.79 Å². The van der Waals surface area contributed by atoms with Gasteiger partial charge in [-0.05, 0) is 50.1 Å². The van der Waals surface area contributed by atoms with Gasteiger partial charge in [0.05, 0.1) is 19.6 Å². The smallest absolute Gasteiger partial charge is 0.306 e. The summed E-state index contributed by atoms with van der Waals surface area (Å²) >= 11 is 0. The number of carboxylic acids is 1. The summed E-state index contributed by atoms with van der Waals surface area (Å²) in [6, 6.07) is 7.24. The van der Waals surface area contributed by atoms with E-state index in [1.807, 2.05) is 24.3 Å². The van der Waals surface area contributed by atoms with Gasteiger partial charge < -0.3 is 20.3 Å². The van der Waals surface area contributed by atoms with E-state index in [1.165, 1.54) is 0 Å². The minimum absolute atomic E-state index is 0.361. The molecule has 0 saturated carbocycles. The highest BCUT2D eigenvalue weighted by molar-refractivity contribution is 5.69. The van der Waals surface area contributed by atoms with Crippen molar-refractivity contribution >= 4 is 5.97 Å².